The Labute approximate surface area is 130 Å². The number of rotatable bonds is 2. The normalized spacial score (nSPS) is 20.2. The zero-order chi connectivity index (χ0) is 15.7. The van der Waals surface area contributed by atoms with Gasteiger partial charge in [-0.1, -0.05) is 24.1 Å². The Balaban J connectivity index is 1.84. The zero-order valence-corrected chi connectivity index (χ0v) is 13.1. The summed E-state index contributed by atoms with van der Waals surface area (Å²) in [6, 6.07) is 7.51. The molecule has 0 aromatic heterocycles. The summed E-state index contributed by atoms with van der Waals surface area (Å²) < 4.78 is 5.62. The van der Waals surface area contributed by atoms with Crippen LogP contribution in [-0.4, -0.2) is 17.5 Å². The van der Waals surface area contributed by atoms with Gasteiger partial charge in [-0.2, -0.15) is 0 Å². The van der Waals surface area contributed by atoms with Crippen LogP contribution in [0.25, 0.3) is 0 Å². The molecule has 0 unspecified atom stereocenters. The first-order valence-corrected chi connectivity index (χ1v) is 7.84. The van der Waals surface area contributed by atoms with Crippen molar-refractivity contribution in [2.24, 2.45) is 0 Å². The molecular formula is C18H21NO3. The van der Waals surface area contributed by atoms with Gasteiger partial charge in [0.15, 0.2) is 0 Å². The van der Waals surface area contributed by atoms with Crippen LogP contribution in [0.5, 0.6) is 0 Å². The van der Waals surface area contributed by atoms with Crippen molar-refractivity contribution in [1.82, 2.24) is 0 Å². The third kappa shape index (κ3) is 2.54. The van der Waals surface area contributed by atoms with E-state index in [0.717, 1.165) is 43.2 Å². The van der Waals surface area contributed by atoms with Gasteiger partial charge in [-0.15, -0.1) is 0 Å². The molecule has 0 saturated heterocycles. The number of carbonyl (C=O) groups is 2. The van der Waals surface area contributed by atoms with Crippen molar-refractivity contribution in [3.63, 3.8) is 0 Å². The number of benzene rings is 1. The molecule has 116 valence electrons. The molecule has 0 bridgehead atoms. The summed E-state index contributed by atoms with van der Waals surface area (Å²) in [5, 5.41) is 2.80. The fourth-order valence-corrected chi connectivity index (χ4v) is 3.38. The number of esters is 1. The maximum absolute atomic E-state index is 12.5. The summed E-state index contributed by atoms with van der Waals surface area (Å²) in [7, 11) is 0. The van der Waals surface area contributed by atoms with E-state index in [1.807, 2.05) is 38.1 Å². The van der Waals surface area contributed by atoms with Gasteiger partial charge in [-0.25, -0.2) is 4.79 Å². The molecule has 1 heterocycles. The Hall–Kier alpha value is -2.10. The average molecular weight is 299 g/mol. The highest BCUT2D eigenvalue weighted by Gasteiger charge is 2.47. The molecule has 0 atom stereocenters. The van der Waals surface area contributed by atoms with Gasteiger partial charge in [0, 0.05) is 5.69 Å². The van der Waals surface area contributed by atoms with Crippen LogP contribution in [-0.2, 0) is 14.3 Å². The second-order valence-electron chi connectivity index (χ2n) is 6.26. The Bertz CT molecular complexity index is 637. The van der Waals surface area contributed by atoms with Gasteiger partial charge < -0.3 is 10.1 Å². The van der Waals surface area contributed by atoms with Crippen molar-refractivity contribution in [3.8, 4) is 0 Å². The van der Waals surface area contributed by atoms with Crippen LogP contribution in [0, 0.1) is 6.92 Å². The number of carbonyl (C=O) groups excluding carboxylic acids is 2. The smallest absolute Gasteiger partial charge is 0.344 e. The molecule has 1 aliphatic carbocycles. The largest absolute Gasteiger partial charge is 0.451 e. The molecule has 1 fully saturated rings. The van der Waals surface area contributed by atoms with E-state index < -0.39 is 11.6 Å². The van der Waals surface area contributed by atoms with Crippen molar-refractivity contribution in [2.45, 2.75) is 51.6 Å². The third-order valence-corrected chi connectivity index (χ3v) is 4.75. The van der Waals surface area contributed by atoms with Crippen molar-refractivity contribution in [3.05, 3.63) is 41.0 Å². The molecule has 22 heavy (non-hydrogen) atoms. The zero-order valence-electron chi connectivity index (χ0n) is 13.1. The topological polar surface area (TPSA) is 55.4 Å². The van der Waals surface area contributed by atoms with Gasteiger partial charge in [0.05, 0.1) is 0 Å². The van der Waals surface area contributed by atoms with Gasteiger partial charge in [-0.05, 0) is 57.2 Å². The highest BCUT2D eigenvalue weighted by Crippen LogP contribution is 2.43. The van der Waals surface area contributed by atoms with Crippen LogP contribution >= 0.6 is 0 Å². The Morgan fingerprint density at radius 3 is 2.36 bits per heavy atom. The molecule has 4 nitrogen and oxygen atoms in total. The predicted molar refractivity (Wildman–Crippen MR) is 84.4 cm³/mol. The summed E-state index contributed by atoms with van der Waals surface area (Å²) in [5.41, 5.74) is 2.25. The second-order valence-corrected chi connectivity index (χ2v) is 6.26. The van der Waals surface area contributed by atoms with Gasteiger partial charge in [-0.3, -0.25) is 4.79 Å². The number of hydrogen-bond donors (Lipinski definition) is 1. The van der Waals surface area contributed by atoms with E-state index in [2.05, 4.69) is 5.32 Å². The Morgan fingerprint density at radius 1 is 1.09 bits per heavy atom. The van der Waals surface area contributed by atoms with Crippen LogP contribution in [0.3, 0.4) is 0 Å². The Kier molecular flexibility index (Phi) is 3.77. The van der Waals surface area contributed by atoms with Crippen molar-refractivity contribution in [1.29, 1.82) is 0 Å². The van der Waals surface area contributed by atoms with Gasteiger partial charge >= 0.3 is 5.97 Å². The average Bonchev–Trinajstić information content (AvgIpc) is 2.73. The molecule has 1 aliphatic heterocycles. The van der Waals surface area contributed by atoms with Gasteiger partial charge in [0.1, 0.15) is 11.2 Å². The van der Waals surface area contributed by atoms with Crippen molar-refractivity contribution in [2.75, 3.05) is 5.32 Å². The maximum Gasteiger partial charge on any atom is 0.344 e. The molecule has 4 heteroatoms. The lowest BCUT2D eigenvalue weighted by Gasteiger charge is -2.33. The number of amides is 1. The van der Waals surface area contributed by atoms with Gasteiger partial charge in [0.25, 0.3) is 5.91 Å². The lowest BCUT2D eigenvalue weighted by Crippen LogP contribution is -2.33. The molecular weight excluding hydrogens is 278 g/mol. The molecule has 1 spiro atoms. The van der Waals surface area contributed by atoms with Crippen LogP contribution in [0.2, 0.25) is 0 Å². The number of nitrogens with one attached hydrogen (secondary N) is 1. The van der Waals surface area contributed by atoms with E-state index in [4.69, 9.17) is 4.74 Å². The lowest BCUT2D eigenvalue weighted by molar-refractivity contribution is -0.149. The molecule has 1 saturated carbocycles. The van der Waals surface area contributed by atoms with Gasteiger partial charge in [0.2, 0.25) is 0 Å². The van der Waals surface area contributed by atoms with E-state index >= 15 is 0 Å². The highest BCUT2D eigenvalue weighted by atomic mass is 16.6. The highest BCUT2D eigenvalue weighted by molar-refractivity contribution is 6.23. The number of hydrogen-bond acceptors (Lipinski definition) is 3. The van der Waals surface area contributed by atoms with E-state index in [9.17, 15) is 9.59 Å². The number of aryl methyl sites for hydroxylation is 1. The fraction of sp³-hybridized carbons (Fsp3) is 0.444. The molecule has 2 aliphatic rings. The molecule has 3 rings (SSSR count). The summed E-state index contributed by atoms with van der Waals surface area (Å²) in [6.07, 6.45) is 4.89. The number of anilines is 1. The minimum Gasteiger partial charge on any atom is -0.451 e. The predicted octanol–water partition coefficient (Wildman–Crippen LogP) is 3.51. The van der Waals surface area contributed by atoms with Crippen LogP contribution < -0.4 is 5.32 Å². The molecule has 1 aromatic rings. The first kappa shape index (κ1) is 14.8. The minimum absolute atomic E-state index is 0.183. The number of ether oxygens (including phenoxy) is 1. The van der Waals surface area contributed by atoms with Crippen LogP contribution in [0.15, 0.2) is 35.4 Å². The van der Waals surface area contributed by atoms with Crippen LogP contribution in [0.4, 0.5) is 5.69 Å². The van der Waals surface area contributed by atoms with E-state index in [1.165, 1.54) is 0 Å². The second kappa shape index (κ2) is 5.59. The van der Waals surface area contributed by atoms with E-state index in [1.54, 1.807) is 0 Å². The van der Waals surface area contributed by atoms with Crippen LogP contribution in [0.1, 0.15) is 44.6 Å². The summed E-state index contributed by atoms with van der Waals surface area (Å²) in [4.78, 5) is 24.7. The first-order chi connectivity index (χ1) is 10.5. The molecule has 1 amide bonds. The minimum atomic E-state index is -0.532. The summed E-state index contributed by atoms with van der Waals surface area (Å²) in [5.74, 6) is -0.849. The molecule has 0 radical (unpaired) electrons. The lowest BCUT2D eigenvalue weighted by atomic mass is 9.79. The fourth-order valence-electron chi connectivity index (χ4n) is 3.38. The monoisotopic (exact) mass is 299 g/mol. The Morgan fingerprint density at radius 2 is 1.73 bits per heavy atom. The molecule has 1 N–H and O–H groups in total. The van der Waals surface area contributed by atoms with E-state index in [0.29, 0.717) is 5.69 Å². The summed E-state index contributed by atoms with van der Waals surface area (Å²) in [6.45, 7) is 3.85. The maximum atomic E-state index is 12.5. The third-order valence-electron chi connectivity index (χ3n) is 4.75. The van der Waals surface area contributed by atoms with Crippen molar-refractivity contribution >= 4 is 17.6 Å². The standard InChI is InChI=1S/C18H21NO3/c1-12-6-8-14(9-7-12)19-16(20)15-13(2)18(22-17(15)21)10-4-3-5-11-18/h6-9H,3-5,10-11H2,1-2H3,(H,19,20). The summed E-state index contributed by atoms with van der Waals surface area (Å²) >= 11 is 0. The van der Waals surface area contributed by atoms with Crippen molar-refractivity contribution < 1.29 is 14.3 Å². The SMILES string of the molecule is CC1=C(C(=O)Nc2ccc(C)cc2)C(=O)OC12CCCCC2. The first-order valence-electron chi connectivity index (χ1n) is 7.84. The quantitative estimate of drug-likeness (QED) is 0.671. The van der Waals surface area contributed by atoms with E-state index in [-0.39, 0.29) is 11.5 Å². The molecule has 1 aromatic carbocycles.